The predicted octanol–water partition coefficient (Wildman–Crippen LogP) is 3.85. The van der Waals surface area contributed by atoms with Crippen LogP contribution in [0.15, 0.2) is 47.3 Å². The zero-order valence-corrected chi connectivity index (χ0v) is 15.6. The summed E-state index contributed by atoms with van der Waals surface area (Å²) in [7, 11) is 0. The van der Waals surface area contributed by atoms with Crippen LogP contribution in [0, 0.1) is 11.3 Å². The van der Waals surface area contributed by atoms with E-state index in [9.17, 15) is 15.2 Å². The fraction of sp³-hybridized carbons (Fsp3) is 0.333. The maximum Gasteiger partial charge on any atom is 0.329 e. The van der Waals surface area contributed by atoms with Gasteiger partial charge in [0.2, 0.25) is 0 Å². The van der Waals surface area contributed by atoms with Gasteiger partial charge in [0.15, 0.2) is 0 Å². The minimum absolute atomic E-state index is 0.0591. The molecule has 1 N–H and O–H groups in total. The fourth-order valence-electron chi connectivity index (χ4n) is 3.97. The third kappa shape index (κ3) is 3.27. The third-order valence-corrected chi connectivity index (χ3v) is 5.78. The summed E-state index contributed by atoms with van der Waals surface area (Å²) in [4.78, 5) is 13.3. The molecule has 1 aliphatic carbocycles. The average Bonchev–Trinajstić information content (AvgIpc) is 2.95. The Labute approximate surface area is 162 Å². The minimum atomic E-state index is -0.279. The summed E-state index contributed by atoms with van der Waals surface area (Å²) in [5.74, 6) is 0. The van der Waals surface area contributed by atoms with E-state index >= 15 is 0 Å². The molecular weight excluding hydrogens is 362 g/mol. The lowest BCUT2D eigenvalue weighted by molar-refractivity contribution is 0.110. The number of hydrogen-bond donors (Lipinski definition) is 1. The molecule has 0 atom stereocenters. The Morgan fingerprint density at radius 3 is 2.56 bits per heavy atom. The number of halogens is 1. The van der Waals surface area contributed by atoms with E-state index in [2.05, 4.69) is 6.07 Å². The van der Waals surface area contributed by atoms with Crippen LogP contribution in [0.4, 0.5) is 0 Å². The second-order valence-electron chi connectivity index (χ2n) is 7.11. The fourth-order valence-corrected chi connectivity index (χ4v) is 4.16. The summed E-state index contributed by atoms with van der Waals surface area (Å²) >= 11 is 6.31. The van der Waals surface area contributed by atoms with Crippen LogP contribution in [-0.2, 0) is 6.54 Å². The van der Waals surface area contributed by atoms with Crippen molar-refractivity contribution in [1.29, 1.82) is 5.26 Å². The van der Waals surface area contributed by atoms with Crippen LogP contribution in [0.25, 0.3) is 11.0 Å². The Balaban J connectivity index is 1.87. The van der Waals surface area contributed by atoms with Gasteiger partial charge in [0, 0.05) is 11.1 Å². The van der Waals surface area contributed by atoms with Crippen molar-refractivity contribution in [2.24, 2.45) is 0 Å². The van der Waals surface area contributed by atoms with Gasteiger partial charge in [-0.3, -0.25) is 9.13 Å². The van der Waals surface area contributed by atoms with E-state index in [1.165, 1.54) is 0 Å². The maximum atomic E-state index is 13.3. The van der Waals surface area contributed by atoms with Crippen LogP contribution in [0.1, 0.15) is 42.9 Å². The molecule has 3 aromatic rings. The zero-order valence-electron chi connectivity index (χ0n) is 14.8. The van der Waals surface area contributed by atoms with Crippen LogP contribution < -0.4 is 5.69 Å². The largest absolute Gasteiger partial charge is 0.393 e. The summed E-state index contributed by atoms with van der Waals surface area (Å²) < 4.78 is 3.53. The number of nitrogens with zero attached hydrogens (tertiary/aromatic N) is 3. The lowest BCUT2D eigenvalue weighted by atomic mass is 9.93. The molecule has 138 valence electrons. The van der Waals surface area contributed by atoms with Gasteiger partial charge in [-0.25, -0.2) is 4.79 Å². The molecule has 0 amide bonds. The van der Waals surface area contributed by atoms with Gasteiger partial charge in [0.05, 0.1) is 35.3 Å². The lowest BCUT2D eigenvalue weighted by Crippen LogP contribution is -2.31. The van der Waals surface area contributed by atoms with Crippen molar-refractivity contribution >= 4 is 22.6 Å². The number of benzene rings is 2. The smallest absolute Gasteiger partial charge is 0.329 e. The molecule has 1 aliphatic rings. The Morgan fingerprint density at radius 1 is 1.11 bits per heavy atom. The highest BCUT2D eigenvalue weighted by atomic mass is 35.5. The summed E-state index contributed by atoms with van der Waals surface area (Å²) in [6, 6.07) is 15.0. The summed E-state index contributed by atoms with van der Waals surface area (Å²) in [6.07, 6.45) is 2.66. The Bertz CT molecular complexity index is 1080. The number of aliphatic hydroxyl groups is 1. The molecule has 1 heterocycles. The first-order chi connectivity index (χ1) is 13.1. The van der Waals surface area contributed by atoms with Gasteiger partial charge >= 0.3 is 5.69 Å². The van der Waals surface area contributed by atoms with Crippen LogP contribution in [0.3, 0.4) is 0 Å². The zero-order chi connectivity index (χ0) is 19.0. The van der Waals surface area contributed by atoms with Crippen molar-refractivity contribution < 1.29 is 5.11 Å². The molecule has 0 unspecified atom stereocenters. The van der Waals surface area contributed by atoms with E-state index in [-0.39, 0.29) is 17.8 Å². The quantitative estimate of drug-likeness (QED) is 0.749. The van der Waals surface area contributed by atoms with Crippen LogP contribution in [0.5, 0.6) is 0 Å². The van der Waals surface area contributed by atoms with E-state index < -0.39 is 0 Å². The Morgan fingerprint density at radius 2 is 1.85 bits per heavy atom. The first-order valence-corrected chi connectivity index (χ1v) is 9.52. The second-order valence-corrected chi connectivity index (χ2v) is 7.51. The van der Waals surface area contributed by atoms with Crippen molar-refractivity contribution in [3.8, 4) is 6.07 Å². The molecule has 0 saturated heterocycles. The Kier molecular flexibility index (Phi) is 4.77. The molecule has 0 bridgehead atoms. The highest BCUT2D eigenvalue weighted by Crippen LogP contribution is 2.31. The van der Waals surface area contributed by atoms with Gasteiger partial charge in [0.25, 0.3) is 0 Å². The van der Waals surface area contributed by atoms with Gasteiger partial charge in [-0.2, -0.15) is 5.26 Å². The van der Waals surface area contributed by atoms with Crippen molar-refractivity contribution in [3.05, 3.63) is 69.1 Å². The number of imidazole rings is 1. The molecule has 1 aromatic heterocycles. The maximum absolute atomic E-state index is 13.3. The molecule has 6 heteroatoms. The van der Waals surface area contributed by atoms with Crippen LogP contribution >= 0.6 is 11.6 Å². The summed E-state index contributed by atoms with van der Waals surface area (Å²) in [5, 5.41) is 19.7. The summed E-state index contributed by atoms with van der Waals surface area (Å²) in [5.41, 5.74) is 2.85. The number of hydrogen-bond acceptors (Lipinski definition) is 3. The monoisotopic (exact) mass is 381 g/mol. The van der Waals surface area contributed by atoms with Gasteiger partial charge in [-0.1, -0.05) is 29.8 Å². The molecular formula is C21H20ClN3O2. The molecule has 4 rings (SSSR count). The lowest BCUT2D eigenvalue weighted by Gasteiger charge is -2.26. The Hall–Kier alpha value is -2.55. The molecule has 27 heavy (non-hydrogen) atoms. The van der Waals surface area contributed by atoms with Crippen LogP contribution in [0.2, 0.25) is 5.02 Å². The van der Waals surface area contributed by atoms with E-state index in [4.69, 9.17) is 11.6 Å². The average molecular weight is 382 g/mol. The molecule has 0 aliphatic heterocycles. The standard InChI is InChI=1S/C21H20ClN3O2/c22-18-4-2-1-3-15(18)13-24-20-11-14(12-23)5-10-19(20)25(21(24)27)16-6-8-17(26)9-7-16/h1-5,10-11,16-17,26H,6-9,13H2/t16-,17-. The molecule has 2 aromatic carbocycles. The van der Waals surface area contributed by atoms with Crippen LogP contribution in [-0.4, -0.2) is 20.3 Å². The summed E-state index contributed by atoms with van der Waals surface area (Å²) in [6.45, 7) is 0.353. The van der Waals surface area contributed by atoms with E-state index in [0.29, 0.717) is 30.0 Å². The second kappa shape index (κ2) is 7.22. The third-order valence-electron chi connectivity index (χ3n) is 5.41. The van der Waals surface area contributed by atoms with E-state index in [1.807, 2.05) is 34.9 Å². The number of aliphatic hydroxyl groups excluding tert-OH is 1. The molecule has 5 nitrogen and oxygen atoms in total. The van der Waals surface area contributed by atoms with Gasteiger partial charge in [-0.05, 0) is 55.5 Å². The first kappa shape index (κ1) is 17.8. The number of fused-ring (bicyclic) bond motifs is 1. The molecule has 1 saturated carbocycles. The van der Waals surface area contributed by atoms with E-state index in [1.54, 1.807) is 16.7 Å². The molecule has 0 spiro atoms. The van der Waals surface area contributed by atoms with E-state index in [0.717, 1.165) is 29.4 Å². The number of aromatic nitrogens is 2. The normalized spacial score (nSPS) is 19.9. The number of rotatable bonds is 3. The van der Waals surface area contributed by atoms with Crippen molar-refractivity contribution in [2.75, 3.05) is 0 Å². The van der Waals surface area contributed by atoms with Gasteiger partial charge in [-0.15, -0.1) is 0 Å². The predicted molar refractivity (Wildman–Crippen MR) is 105 cm³/mol. The van der Waals surface area contributed by atoms with Crippen molar-refractivity contribution in [1.82, 2.24) is 9.13 Å². The highest BCUT2D eigenvalue weighted by Gasteiger charge is 2.25. The SMILES string of the molecule is N#Cc1ccc2c(c1)n(Cc1ccccc1Cl)c(=O)n2[C@H]1CC[C@H](O)CC1. The number of nitriles is 1. The topological polar surface area (TPSA) is 71.0 Å². The molecule has 0 radical (unpaired) electrons. The van der Waals surface area contributed by atoms with Gasteiger partial charge < -0.3 is 5.11 Å². The van der Waals surface area contributed by atoms with Gasteiger partial charge in [0.1, 0.15) is 0 Å². The minimum Gasteiger partial charge on any atom is -0.393 e. The van der Waals surface area contributed by atoms with Crippen molar-refractivity contribution in [2.45, 2.75) is 44.4 Å². The first-order valence-electron chi connectivity index (χ1n) is 9.15. The highest BCUT2D eigenvalue weighted by molar-refractivity contribution is 6.31. The molecule has 1 fully saturated rings. The van der Waals surface area contributed by atoms with Crippen molar-refractivity contribution in [3.63, 3.8) is 0 Å².